The van der Waals surface area contributed by atoms with Gasteiger partial charge in [0.1, 0.15) is 0 Å². The molecule has 0 radical (unpaired) electrons. The van der Waals surface area contributed by atoms with Gasteiger partial charge in [0.25, 0.3) is 0 Å². The molecule has 0 aliphatic heterocycles. The van der Waals surface area contributed by atoms with Crippen LogP contribution in [0.1, 0.15) is 0 Å². The quantitative estimate of drug-likeness (QED) is 0.395. The summed E-state index contributed by atoms with van der Waals surface area (Å²) in [6, 6.07) is 10.4. The summed E-state index contributed by atoms with van der Waals surface area (Å²) in [6.45, 7) is 8.69. The molecule has 0 unspecified atom stereocenters. The third-order valence-electron chi connectivity index (χ3n) is 1.27. The fourth-order valence-corrected chi connectivity index (χ4v) is 0.987. The van der Waals surface area contributed by atoms with Crippen molar-refractivity contribution in [2.24, 2.45) is 0 Å². The first-order valence-corrected chi connectivity index (χ1v) is 6.90. The van der Waals surface area contributed by atoms with Crippen LogP contribution < -0.4 is 18.9 Å². The Morgan fingerprint density at radius 1 is 0.773 bits per heavy atom. The van der Waals surface area contributed by atoms with Crippen molar-refractivity contribution < 1.29 is 29.7 Å². The Labute approximate surface area is 142 Å². The van der Waals surface area contributed by atoms with Crippen LogP contribution in [0.2, 0.25) is 0 Å². The fourth-order valence-electron chi connectivity index (χ4n) is 0.438. The Morgan fingerprint density at radius 3 is 1.09 bits per heavy atom. The molecule has 1 aromatic rings. The Kier molecular flexibility index (Phi) is 20.9. The molecule has 1 rings (SSSR count). The average molecular weight is 409 g/mol. The van der Waals surface area contributed by atoms with E-state index in [4.69, 9.17) is 29.7 Å². The van der Waals surface area contributed by atoms with Crippen molar-refractivity contribution in [3.05, 3.63) is 68.3 Å². The molecular formula is C15H14O6Sn. The van der Waals surface area contributed by atoms with Crippen molar-refractivity contribution in [3.63, 3.8) is 0 Å². The Bertz CT molecular complexity index is 439. The van der Waals surface area contributed by atoms with E-state index in [9.17, 15) is 0 Å². The molecule has 1 aromatic carbocycles. The van der Waals surface area contributed by atoms with E-state index in [0.717, 1.165) is 18.2 Å². The summed E-state index contributed by atoms with van der Waals surface area (Å²) in [7, 11) is 0. The van der Waals surface area contributed by atoms with Gasteiger partial charge in [0.15, 0.2) is 0 Å². The second kappa shape index (κ2) is 18.6. The molecule has 0 atom stereocenters. The normalized spacial score (nSPS) is 7.18. The van der Waals surface area contributed by atoms with Crippen LogP contribution in [0.3, 0.4) is 0 Å². The molecule has 0 fully saturated rings. The average Bonchev–Trinajstić information content (AvgIpc) is 2.49. The predicted octanol–water partition coefficient (Wildman–Crippen LogP) is -2.75. The second-order valence-corrected chi connectivity index (χ2v) is 4.58. The molecule has 6 nitrogen and oxygen atoms in total. The Balaban J connectivity index is -0.000000223. The number of rotatable bonds is 3. The van der Waals surface area contributed by atoms with Gasteiger partial charge in [-0.1, -0.05) is 19.7 Å². The number of carboxylic acid groups (broad SMARTS) is 3. The van der Waals surface area contributed by atoms with Gasteiger partial charge in [0.2, 0.25) is 0 Å². The summed E-state index contributed by atoms with van der Waals surface area (Å²) in [5.74, 6) is -3.69. The molecule has 0 aliphatic rings. The maximum atomic E-state index is 9.14. The van der Waals surface area contributed by atoms with Crippen molar-refractivity contribution in [2.45, 2.75) is 0 Å². The summed E-state index contributed by atoms with van der Waals surface area (Å²) in [5, 5.41) is 27.4. The van der Waals surface area contributed by atoms with E-state index in [2.05, 4.69) is 44.0 Å². The zero-order valence-corrected chi connectivity index (χ0v) is 14.5. The van der Waals surface area contributed by atoms with Crippen LogP contribution in [-0.2, 0) is 14.4 Å². The van der Waals surface area contributed by atoms with Crippen molar-refractivity contribution in [2.75, 3.05) is 0 Å². The third-order valence-corrected chi connectivity index (χ3v) is 2.23. The van der Waals surface area contributed by atoms with E-state index in [1.54, 1.807) is 0 Å². The molecule has 0 spiro atoms. The van der Waals surface area contributed by atoms with Crippen LogP contribution >= 0.6 is 0 Å². The van der Waals surface area contributed by atoms with Crippen LogP contribution in [0.5, 0.6) is 0 Å². The molecule has 114 valence electrons. The molecule has 0 saturated heterocycles. The van der Waals surface area contributed by atoms with E-state index in [0.29, 0.717) is 0 Å². The van der Waals surface area contributed by atoms with Gasteiger partial charge in [-0.2, -0.15) is 0 Å². The molecule has 0 saturated carbocycles. The van der Waals surface area contributed by atoms with Gasteiger partial charge in [0.05, 0.1) is 17.9 Å². The molecule has 0 bridgehead atoms. The molecule has 7 heteroatoms. The number of carboxylic acids is 3. The SMILES string of the molecule is C=CC(=O)[O-].C=CC(=O)[O-].C=CC(=O)[O-].[Sn+3][c]1ccccc1. The topological polar surface area (TPSA) is 120 Å². The van der Waals surface area contributed by atoms with Gasteiger partial charge in [-0.25, -0.2) is 0 Å². The third kappa shape index (κ3) is 36.1. The predicted molar refractivity (Wildman–Crippen MR) is 77.4 cm³/mol. The van der Waals surface area contributed by atoms with Crippen LogP contribution in [0, 0.1) is 0 Å². The number of hydrogen-bond acceptors (Lipinski definition) is 6. The van der Waals surface area contributed by atoms with Gasteiger partial charge < -0.3 is 29.7 Å². The number of aliphatic carboxylic acids is 3. The number of carbonyl (C=O) groups is 3. The van der Waals surface area contributed by atoms with Gasteiger partial charge in [-0.05, 0) is 18.2 Å². The van der Waals surface area contributed by atoms with Gasteiger partial charge in [0, 0.05) is 0 Å². The van der Waals surface area contributed by atoms with Crippen LogP contribution in [0.15, 0.2) is 68.3 Å². The Hall–Kier alpha value is -2.35. The fraction of sp³-hybridized carbons (Fsp3) is 0. The summed E-state index contributed by atoms with van der Waals surface area (Å²) >= 11 is 1.49. The van der Waals surface area contributed by atoms with Crippen LogP contribution in [0.25, 0.3) is 0 Å². The van der Waals surface area contributed by atoms with E-state index in [1.165, 1.54) is 26.1 Å². The second-order valence-electron chi connectivity index (χ2n) is 2.94. The first-order valence-electron chi connectivity index (χ1n) is 5.48. The molecule has 0 N–H and O–H groups in total. The standard InChI is InChI=1S/C6H5.3C3H4O2.Sn/c1-2-4-6-5-3-1;3*1-2-3(4)5;/h1-5H;3*2H,1H2,(H,4,5);/q;;;;+3/p-3. The van der Waals surface area contributed by atoms with E-state index in [-0.39, 0.29) is 0 Å². The van der Waals surface area contributed by atoms with Crippen LogP contribution in [-0.4, -0.2) is 40.4 Å². The van der Waals surface area contributed by atoms with Crippen molar-refractivity contribution in [3.8, 4) is 0 Å². The first kappa shape index (κ1) is 24.7. The van der Waals surface area contributed by atoms with Crippen LogP contribution in [0.4, 0.5) is 0 Å². The van der Waals surface area contributed by atoms with Gasteiger partial charge in [-0.3, -0.25) is 0 Å². The first-order chi connectivity index (χ1) is 10.2. The minimum absolute atomic E-state index is 0.722. The monoisotopic (exact) mass is 410 g/mol. The number of hydrogen-bond donors (Lipinski definition) is 0. The van der Waals surface area contributed by atoms with E-state index >= 15 is 0 Å². The summed E-state index contributed by atoms with van der Waals surface area (Å²) in [5.41, 5.74) is 0. The zero-order valence-electron chi connectivity index (χ0n) is 11.7. The maximum absolute atomic E-state index is 9.14. The van der Waals surface area contributed by atoms with Gasteiger partial charge >= 0.3 is 56.4 Å². The van der Waals surface area contributed by atoms with E-state index < -0.39 is 17.9 Å². The summed E-state index contributed by atoms with van der Waals surface area (Å²) in [4.78, 5) is 27.4. The van der Waals surface area contributed by atoms with Crippen molar-refractivity contribution >= 4 is 44.0 Å². The van der Waals surface area contributed by atoms with Crippen molar-refractivity contribution in [1.29, 1.82) is 0 Å². The number of carbonyl (C=O) groups excluding carboxylic acids is 3. The molecular weight excluding hydrogens is 395 g/mol. The number of benzene rings is 1. The Morgan fingerprint density at radius 2 is 1.00 bits per heavy atom. The molecule has 0 heterocycles. The molecule has 0 aromatic heterocycles. The molecule has 22 heavy (non-hydrogen) atoms. The van der Waals surface area contributed by atoms with E-state index in [1.807, 2.05) is 6.07 Å². The van der Waals surface area contributed by atoms with Crippen molar-refractivity contribution in [1.82, 2.24) is 0 Å². The van der Waals surface area contributed by atoms with Gasteiger partial charge in [-0.15, -0.1) is 0 Å². The summed E-state index contributed by atoms with van der Waals surface area (Å²) < 4.78 is 1.41. The zero-order chi connectivity index (χ0) is 18.0. The minimum atomic E-state index is -1.23. The molecule has 0 aliphatic carbocycles. The molecule has 0 amide bonds. The summed E-state index contributed by atoms with van der Waals surface area (Å²) in [6.07, 6.45) is 2.17.